The van der Waals surface area contributed by atoms with Gasteiger partial charge in [-0.3, -0.25) is 14.5 Å². The lowest BCUT2D eigenvalue weighted by Crippen LogP contribution is -2.42. The van der Waals surface area contributed by atoms with Gasteiger partial charge in [-0.25, -0.2) is 4.39 Å². The Morgan fingerprint density at radius 3 is 2.59 bits per heavy atom. The number of halogens is 2. The molecule has 6 nitrogen and oxygen atoms in total. The molecule has 2 amide bonds. The Hall–Kier alpha value is -3.42. The number of hydrogen-bond acceptors (Lipinski definition) is 4. The summed E-state index contributed by atoms with van der Waals surface area (Å²) in [7, 11) is 1.47. The van der Waals surface area contributed by atoms with Crippen LogP contribution in [-0.4, -0.2) is 54.9 Å². The summed E-state index contributed by atoms with van der Waals surface area (Å²) in [6.45, 7) is 4.10. The number of piperidine rings is 1. The number of methoxy groups -OCH3 is 1. The first-order chi connectivity index (χ1) is 19.8. The maximum atomic E-state index is 14.1. The summed E-state index contributed by atoms with van der Waals surface area (Å²) in [4.78, 5) is 30.9. The Kier molecular flexibility index (Phi) is 7.75. The lowest BCUT2D eigenvalue weighted by Gasteiger charge is -2.39. The summed E-state index contributed by atoms with van der Waals surface area (Å²) in [6.07, 6.45) is 4.72. The molecule has 3 aromatic carbocycles. The van der Waals surface area contributed by atoms with Gasteiger partial charge in [-0.1, -0.05) is 35.9 Å². The number of fused-ring (bicyclic) bond motifs is 1. The minimum atomic E-state index is -0.329. The van der Waals surface area contributed by atoms with Crippen LogP contribution in [0.4, 0.5) is 4.39 Å². The first-order valence-electron chi connectivity index (χ1n) is 14.4. The quantitative estimate of drug-likeness (QED) is 0.390. The SMILES string of the molecule is COc1ccc(CN2CCC3(CC2)CCN(C(=O)c2ccc4c(c2)C(NC(=O)c2ccccc2Cl)CC4)C3)cc1F. The molecule has 1 unspecified atom stereocenters. The topological polar surface area (TPSA) is 61.9 Å². The predicted octanol–water partition coefficient (Wildman–Crippen LogP) is 6.03. The van der Waals surface area contributed by atoms with E-state index in [9.17, 15) is 14.0 Å². The number of nitrogens with one attached hydrogen (secondary N) is 1. The molecule has 214 valence electrons. The Labute approximate surface area is 245 Å². The lowest BCUT2D eigenvalue weighted by atomic mass is 9.77. The fraction of sp³-hybridized carbons (Fsp3) is 0.394. The van der Waals surface area contributed by atoms with Gasteiger partial charge < -0.3 is 15.0 Å². The van der Waals surface area contributed by atoms with Gasteiger partial charge in [0.05, 0.1) is 23.7 Å². The average Bonchev–Trinajstić information content (AvgIpc) is 3.58. The maximum Gasteiger partial charge on any atom is 0.253 e. The second-order valence-electron chi connectivity index (χ2n) is 11.7. The summed E-state index contributed by atoms with van der Waals surface area (Å²) in [5.41, 5.74) is 4.42. The molecule has 2 heterocycles. The second kappa shape index (κ2) is 11.5. The number of ether oxygens (including phenoxy) is 1. The Morgan fingerprint density at radius 2 is 1.83 bits per heavy atom. The molecule has 2 saturated heterocycles. The van der Waals surface area contributed by atoms with Gasteiger partial charge in [-0.05, 0) is 104 Å². The van der Waals surface area contributed by atoms with Crippen molar-refractivity contribution < 1.29 is 18.7 Å². The van der Waals surface area contributed by atoms with Crippen molar-refractivity contribution in [1.29, 1.82) is 0 Å². The summed E-state index contributed by atoms with van der Waals surface area (Å²) in [5, 5.41) is 3.55. The van der Waals surface area contributed by atoms with Crippen molar-refractivity contribution in [3.63, 3.8) is 0 Å². The highest BCUT2D eigenvalue weighted by Gasteiger charge is 2.42. The van der Waals surface area contributed by atoms with E-state index in [1.54, 1.807) is 36.4 Å². The highest BCUT2D eigenvalue weighted by molar-refractivity contribution is 6.33. The largest absolute Gasteiger partial charge is 0.494 e. The van der Waals surface area contributed by atoms with E-state index < -0.39 is 0 Å². The second-order valence-corrected chi connectivity index (χ2v) is 12.1. The van der Waals surface area contributed by atoms with Gasteiger partial charge in [0.2, 0.25) is 0 Å². The van der Waals surface area contributed by atoms with Gasteiger partial charge >= 0.3 is 0 Å². The molecule has 2 fully saturated rings. The van der Waals surface area contributed by atoms with Crippen molar-refractivity contribution in [2.75, 3.05) is 33.3 Å². The number of carbonyl (C=O) groups is 2. The van der Waals surface area contributed by atoms with E-state index in [-0.39, 0.29) is 34.8 Å². The van der Waals surface area contributed by atoms with E-state index in [4.69, 9.17) is 16.3 Å². The van der Waals surface area contributed by atoms with Gasteiger partial charge in [0.15, 0.2) is 11.6 Å². The number of benzene rings is 3. The van der Waals surface area contributed by atoms with Gasteiger partial charge in [0, 0.05) is 25.2 Å². The monoisotopic (exact) mass is 575 g/mol. The van der Waals surface area contributed by atoms with Crippen molar-refractivity contribution in [2.24, 2.45) is 5.41 Å². The molecule has 41 heavy (non-hydrogen) atoms. The zero-order valence-corrected chi connectivity index (χ0v) is 24.1. The molecule has 3 aliphatic rings. The zero-order chi connectivity index (χ0) is 28.6. The minimum Gasteiger partial charge on any atom is -0.494 e. The van der Waals surface area contributed by atoms with Crippen molar-refractivity contribution >= 4 is 23.4 Å². The van der Waals surface area contributed by atoms with E-state index in [0.717, 1.165) is 69.4 Å². The molecular formula is C33H35ClFN3O3. The fourth-order valence-electron chi connectivity index (χ4n) is 6.72. The summed E-state index contributed by atoms with van der Waals surface area (Å²) >= 11 is 6.23. The van der Waals surface area contributed by atoms with Crippen LogP contribution in [0, 0.1) is 11.2 Å². The van der Waals surface area contributed by atoms with E-state index >= 15 is 0 Å². The number of rotatable bonds is 6. The van der Waals surface area contributed by atoms with Gasteiger partial charge in [0.25, 0.3) is 11.8 Å². The molecule has 1 aliphatic carbocycles. The van der Waals surface area contributed by atoms with Crippen molar-refractivity contribution in [1.82, 2.24) is 15.1 Å². The van der Waals surface area contributed by atoms with Crippen LogP contribution in [0.15, 0.2) is 60.7 Å². The average molecular weight is 576 g/mol. The van der Waals surface area contributed by atoms with Gasteiger partial charge in [-0.2, -0.15) is 0 Å². The summed E-state index contributed by atoms with van der Waals surface area (Å²) in [6, 6.07) is 18.0. The van der Waals surface area contributed by atoms with Crippen LogP contribution in [-0.2, 0) is 13.0 Å². The van der Waals surface area contributed by atoms with E-state index in [1.807, 2.05) is 29.2 Å². The third kappa shape index (κ3) is 5.70. The van der Waals surface area contributed by atoms with Crippen LogP contribution >= 0.6 is 11.6 Å². The van der Waals surface area contributed by atoms with E-state index in [2.05, 4.69) is 10.2 Å². The normalized spacial score (nSPS) is 19.8. The van der Waals surface area contributed by atoms with Gasteiger partial charge in [-0.15, -0.1) is 0 Å². The smallest absolute Gasteiger partial charge is 0.253 e. The van der Waals surface area contributed by atoms with Crippen LogP contribution in [0.1, 0.15) is 69.1 Å². The molecule has 3 aromatic rings. The molecule has 0 aromatic heterocycles. The third-order valence-electron chi connectivity index (χ3n) is 9.16. The Bertz CT molecular complexity index is 1470. The van der Waals surface area contributed by atoms with Crippen LogP contribution in [0.2, 0.25) is 5.02 Å². The molecular weight excluding hydrogens is 541 g/mol. The summed E-state index contributed by atoms with van der Waals surface area (Å²) in [5.74, 6) is -0.203. The maximum absolute atomic E-state index is 14.1. The predicted molar refractivity (Wildman–Crippen MR) is 157 cm³/mol. The van der Waals surface area contributed by atoms with Crippen molar-refractivity contribution in [3.8, 4) is 5.75 Å². The Morgan fingerprint density at radius 1 is 1.05 bits per heavy atom. The fourth-order valence-corrected chi connectivity index (χ4v) is 6.94. The minimum absolute atomic E-state index is 0.0592. The standard InChI is InChI=1S/C33H35ClFN3O3/c1-41-30-11-6-22(18-28(30)35)20-37-15-12-33(13-16-37)14-17-38(21-33)32(40)24-8-7-23-9-10-29(26(23)19-24)36-31(39)25-4-2-3-5-27(25)34/h2-8,11,18-19,29H,9-10,12-17,20-21H2,1H3,(H,36,39). The number of amides is 2. The molecule has 1 atom stereocenters. The molecule has 8 heteroatoms. The van der Waals surface area contributed by atoms with E-state index in [0.29, 0.717) is 22.7 Å². The van der Waals surface area contributed by atoms with Crippen molar-refractivity contribution in [3.05, 3.63) is 99.3 Å². The first kappa shape index (κ1) is 27.7. The number of carbonyl (C=O) groups excluding carboxylic acids is 2. The number of likely N-dealkylation sites (tertiary alicyclic amines) is 2. The molecule has 0 bridgehead atoms. The van der Waals surface area contributed by atoms with Gasteiger partial charge in [0.1, 0.15) is 0 Å². The Balaban J connectivity index is 1.07. The van der Waals surface area contributed by atoms with Crippen molar-refractivity contribution in [2.45, 2.75) is 44.7 Å². The van der Waals surface area contributed by atoms with Crippen LogP contribution < -0.4 is 10.1 Å². The molecule has 1 N–H and O–H groups in total. The zero-order valence-electron chi connectivity index (χ0n) is 23.3. The lowest BCUT2D eigenvalue weighted by molar-refractivity contribution is 0.0713. The third-order valence-corrected chi connectivity index (χ3v) is 9.49. The summed E-state index contributed by atoms with van der Waals surface area (Å²) < 4.78 is 19.2. The number of nitrogens with zero attached hydrogens (tertiary/aromatic N) is 2. The van der Waals surface area contributed by atoms with Crippen LogP contribution in [0.3, 0.4) is 0 Å². The number of aryl methyl sites for hydroxylation is 1. The first-order valence-corrected chi connectivity index (χ1v) is 14.7. The van der Waals surface area contributed by atoms with E-state index in [1.165, 1.54) is 12.7 Å². The number of hydrogen-bond donors (Lipinski definition) is 1. The molecule has 0 radical (unpaired) electrons. The highest BCUT2D eigenvalue weighted by atomic mass is 35.5. The molecule has 6 rings (SSSR count). The van der Waals surface area contributed by atoms with Crippen LogP contribution in [0.25, 0.3) is 0 Å². The highest BCUT2D eigenvalue weighted by Crippen LogP contribution is 2.41. The molecule has 1 spiro atoms. The molecule has 0 saturated carbocycles. The van der Waals surface area contributed by atoms with Crippen LogP contribution in [0.5, 0.6) is 5.75 Å². The molecule has 2 aliphatic heterocycles.